The van der Waals surface area contributed by atoms with Crippen molar-refractivity contribution in [2.24, 2.45) is 0 Å². The topological polar surface area (TPSA) is 101 Å². The number of ketones is 1. The smallest absolute Gasteiger partial charge is 0.278 e. The van der Waals surface area contributed by atoms with E-state index >= 15 is 0 Å². The highest BCUT2D eigenvalue weighted by Crippen LogP contribution is 2.21. The number of thiazole rings is 1. The highest BCUT2D eigenvalue weighted by molar-refractivity contribution is 7.18. The van der Waals surface area contributed by atoms with Gasteiger partial charge in [-0.1, -0.05) is 95.2 Å². The SMILES string of the molecule is O=C(Cc1ccccc1)Cc1c(Cl)ncnc1Cl.O=c1[nH]cnc2sc(Cc3ccccc3)nc12. The number of H-pyrrole nitrogens is 1. The molecule has 0 bridgehead atoms. The van der Waals surface area contributed by atoms with Gasteiger partial charge in [-0.25, -0.2) is 19.9 Å². The first kappa shape index (κ1) is 24.7. The summed E-state index contributed by atoms with van der Waals surface area (Å²) in [5.74, 6) is 0.0276. The van der Waals surface area contributed by atoms with E-state index in [1.165, 1.54) is 29.6 Å². The van der Waals surface area contributed by atoms with Gasteiger partial charge in [0.25, 0.3) is 5.56 Å². The molecule has 3 heterocycles. The normalized spacial score (nSPS) is 10.6. The summed E-state index contributed by atoms with van der Waals surface area (Å²) in [5.41, 5.74) is 2.89. The Labute approximate surface area is 214 Å². The van der Waals surface area contributed by atoms with Gasteiger partial charge in [-0.2, -0.15) is 0 Å². The van der Waals surface area contributed by atoms with Crippen LogP contribution < -0.4 is 5.56 Å². The van der Waals surface area contributed by atoms with Crippen LogP contribution in [0.15, 0.2) is 78.1 Å². The summed E-state index contributed by atoms with van der Waals surface area (Å²) in [6, 6.07) is 19.6. The van der Waals surface area contributed by atoms with Crippen LogP contribution in [0.3, 0.4) is 0 Å². The molecule has 0 atom stereocenters. The van der Waals surface area contributed by atoms with Crippen molar-refractivity contribution in [3.8, 4) is 0 Å². The van der Waals surface area contributed by atoms with Gasteiger partial charge in [0, 0.05) is 24.8 Å². The van der Waals surface area contributed by atoms with Crippen LogP contribution in [0.25, 0.3) is 10.3 Å². The molecule has 0 aliphatic carbocycles. The van der Waals surface area contributed by atoms with Crippen LogP contribution in [0.1, 0.15) is 21.7 Å². The van der Waals surface area contributed by atoms with Crippen molar-refractivity contribution in [3.05, 3.63) is 116 Å². The monoisotopic (exact) mass is 523 g/mol. The Hall–Kier alpha value is -3.46. The van der Waals surface area contributed by atoms with E-state index < -0.39 is 0 Å². The number of benzene rings is 2. The lowest BCUT2D eigenvalue weighted by Gasteiger charge is -2.04. The number of Topliss-reactive ketones (excluding diaryl/α,β-unsaturated/α-hetero) is 1. The fraction of sp³-hybridized carbons (Fsp3) is 0.120. The molecule has 0 saturated heterocycles. The van der Waals surface area contributed by atoms with Crippen LogP contribution in [0.4, 0.5) is 0 Å². The van der Waals surface area contributed by atoms with Crippen molar-refractivity contribution < 1.29 is 4.79 Å². The average Bonchev–Trinajstić information content (AvgIpc) is 3.27. The number of carbonyl (C=O) groups excluding carboxylic acids is 1. The summed E-state index contributed by atoms with van der Waals surface area (Å²) >= 11 is 13.2. The van der Waals surface area contributed by atoms with Crippen molar-refractivity contribution in [3.63, 3.8) is 0 Å². The fourth-order valence-corrected chi connectivity index (χ4v) is 4.64. The Morgan fingerprint density at radius 3 is 2.11 bits per heavy atom. The highest BCUT2D eigenvalue weighted by atomic mass is 35.5. The first-order valence-corrected chi connectivity index (χ1v) is 12.1. The zero-order valence-electron chi connectivity index (χ0n) is 18.3. The second-order valence-corrected chi connectivity index (χ2v) is 9.25. The summed E-state index contributed by atoms with van der Waals surface area (Å²) in [7, 11) is 0. The maximum atomic E-state index is 11.9. The Morgan fingerprint density at radius 1 is 0.857 bits per heavy atom. The molecule has 176 valence electrons. The minimum atomic E-state index is -0.175. The Bertz CT molecular complexity index is 1470. The summed E-state index contributed by atoms with van der Waals surface area (Å²) < 4.78 is 0. The predicted molar refractivity (Wildman–Crippen MR) is 138 cm³/mol. The minimum Gasteiger partial charge on any atom is -0.311 e. The van der Waals surface area contributed by atoms with Gasteiger partial charge in [0.15, 0.2) is 10.3 Å². The number of halogens is 2. The number of carbonyl (C=O) groups is 1. The van der Waals surface area contributed by atoms with Crippen molar-refractivity contribution in [1.82, 2.24) is 24.9 Å². The second kappa shape index (κ2) is 11.8. The molecule has 2 aromatic carbocycles. The molecule has 0 fully saturated rings. The van der Waals surface area contributed by atoms with Gasteiger partial charge >= 0.3 is 0 Å². The molecule has 10 heteroatoms. The standard InChI is InChI=1S/C13H10Cl2N2O.C12H9N3OS/c14-12-11(13(15)17-8-16-12)7-10(18)6-9-4-2-1-3-5-9;16-11-10-12(14-7-13-11)17-9(15-10)6-8-4-2-1-3-5-8/h1-5,8H,6-7H2;1-5,7H,6H2,(H,13,14,16). The van der Waals surface area contributed by atoms with Gasteiger partial charge in [0.05, 0.1) is 6.33 Å². The van der Waals surface area contributed by atoms with Crippen LogP contribution in [-0.2, 0) is 24.1 Å². The first-order chi connectivity index (χ1) is 17.0. The van der Waals surface area contributed by atoms with Crippen molar-refractivity contribution in [2.75, 3.05) is 0 Å². The lowest BCUT2D eigenvalue weighted by Crippen LogP contribution is -2.08. The first-order valence-electron chi connectivity index (χ1n) is 10.6. The number of nitrogens with zero attached hydrogens (tertiary/aromatic N) is 4. The Kier molecular flexibility index (Phi) is 8.31. The van der Waals surface area contributed by atoms with Gasteiger partial charge in [0.1, 0.15) is 27.4 Å². The molecule has 0 aliphatic rings. The van der Waals surface area contributed by atoms with Crippen LogP contribution in [-0.4, -0.2) is 30.7 Å². The van der Waals surface area contributed by atoms with Gasteiger partial charge in [0.2, 0.25) is 0 Å². The molecule has 5 rings (SSSR count). The lowest BCUT2D eigenvalue weighted by atomic mass is 10.0. The highest BCUT2D eigenvalue weighted by Gasteiger charge is 2.13. The average molecular weight is 524 g/mol. The van der Waals surface area contributed by atoms with E-state index in [0.29, 0.717) is 22.3 Å². The molecule has 0 saturated carbocycles. The summed E-state index contributed by atoms with van der Waals surface area (Å²) in [5, 5.41) is 1.38. The zero-order chi connectivity index (χ0) is 24.6. The summed E-state index contributed by atoms with van der Waals surface area (Å²) in [4.78, 5) is 42.7. The van der Waals surface area contributed by atoms with E-state index in [2.05, 4.69) is 24.9 Å². The molecule has 1 N–H and O–H groups in total. The van der Waals surface area contributed by atoms with Crippen LogP contribution in [0.5, 0.6) is 0 Å². The summed E-state index contributed by atoms with van der Waals surface area (Å²) in [6.45, 7) is 0. The fourth-order valence-electron chi connectivity index (χ4n) is 3.25. The molecule has 0 unspecified atom stereocenters. The maximum absolute atomic E-state index is 11.9. The third kappa shape index (κ3) is 6.79. The van der Waals surface area contributed by atoms with E-state index in [4.69, 9.17) is 23.2 Å². The number of nitrogens with one attached hydrogen (secondary N) is 1. The minimum absolute atomic E-state index is 0.0276. The maximum Gasteiger partial charge on any atom is 0.278 e. The lowest BCUT2D eigenvalue weighted by molar-refractivity contribution is -0.117. The number of rotatable bonds is 6. The van der Waals surface area contributed by atoms with Gasteiger partial charge in [-0.05, 0) is 11.1 Å². The van der Waals surface area contributed by atoms with Crippen LogP contribution in [0.2, 0.25) is 10.3 Å². The van der Waals surface area contributed by atoms with Crippen molar-refractivity contribution in [1.29, 1.82) is 0 Å². The predicted octanol–water partition coefficient (Wildman–Crippen LogP) is 5.11. The molecule has 5 aromatic rings. The second-order valence-electron chi connectivity index (χ2n) is 7.47. The number of hydrogen-bond acceptors (Lipinski definition) is 7. The van der Waals surface area contributed by atoms with E-state index in [0.717, 1.165) is 17.0 Å². The largest absolute Gasteiger partial charge is 0.311 e. The van der Waals surface area contributed by atoms with Crippen LogP contribution >= 0.6 is 34.5 Å². The molecular formula is C25H19Cl2N5O2S. The Morgan fingerprint density at radius 2 is 1.49 bits per heavy atom. The number of aromatic nitrogens is 5. The van der Waals surface area contributed by atoms with E-state index in [-0.39, 0.29) is 28.1 Å². The molecule has 7 nitrogen and oxygen atoms in total. The molecular weight excluding hydrogens is 505 g/mol. The molecule has 0 amide bonds. The summed E-state index contributed by atoms with van der Waals surface area (Å²) in [6.07, 6.45) is 3.92. The zero-order valence-corrected chi connectivity index (χ0v) is 20.6. The third-order valence-corrected chi connectivity index (χ3v) is 6.52. The number of aromatic amines is 1. The Balaban J connectivity index is 0.000000165. The van der Waals surface area contributed by atoms with Crippen molar-refractivity contribution in [2.45, 2.75) is 19.3 Å². The third-order valence-electron chi connectivity index (χ3n) is 4.90. The molecule has 0 spiro atoms. The van der Waals surface area contributed by atoms with Crippen molar-refractivity contribution >= 4 is 50.7 Å². The quantitative estimate of drug-likeness (QED) is 0.310. The number of hydrogen-bond donors (Lipinski definition) is 1. The molecule has 0 radical (unpaired) electrons. The van der Waals surface area contributed by atoms with Gasteiger partial charge in [-0.3, -0.25) is 9.59 Å². The number of fused-ring (bicyclic) bond motifs is 1. The molecule has 3 aromatic heterocycles. The van der Waals surface area contributed by atoms with E-state index in [9.17, 15) is 9.59 Å². The van der Waals surface area contributed by atoms with Crippen LogP contribution in [0, 0.1) is 0 Å². The molecule has 35 heavy (non-hydrogen) atoms. The van der Waals surface area contributed by atoms with E-state index in [1.807, 2.05) is 60.7 Å². The van der Waals surface area contributed by atoms with Gasteiger partial charge < -0.3 is 4.98 Å². The van der Waals surface area contributed by atoms with E-state index in [1.54, 1.807) is 0 Å². The van der Waals surface area contributed by atoms with Gasteiger partial charge in [-0.15, -0.1) is 0 Å². The molecule has 0 aliphatic heterocycles.